The molecule has 1 N–H and O–H groups in total. The molecule has 1 aromatic rings. The molecule has 1 heterocycles. The van der Waals surface area contributed by atoms with Crippen LogP contribution in [0.15, 0.2) is 12.3 Å². The Bertz CT molecular complexity index is 304. The summed E-state index contributed by atoms with van der Waals surface area (Å²) in [5, 5.41) is 12.8. The van der Waals surface area contributed by atoms with Gasteiger partial charge in [0.15, 0.2) is 0 Å². The van der Waals surface area contributed by atoms with Crippen molar-refractivity contribution in [1.82, 2.24) is 14.7 Å². The molecule has 92 valence electrons. The number of aryl methyl sites for hydroxylation is 1. The summed E-state index contributed by atoms with van der Waals surface area (Å²) in [5.41, 5.74) is 0.997. The third-order valence-corrected chi connectivity index (χ3v) is 2.42. The lowest BCUT2D eigenvalue weighted by Gasteiger charge is -2.20. The van der Waals surface area contributed by atoms with E-state index in [1.54, 1.807) is 15.8 Å². The average Bonchev–Trinajstić information content (AvgIpc) is 2.60. The zero-order valence-corrected chi connectivity index (χ0v) is 9.31. The predicted octanol–water partition coefficient (Wildman–Crippen LogP) is 0.522. The molecule has 1 aromatic heterocycles. The second-order valence-corrected chi connectivity index (χ2v) is 3.61. The smallest absolute Gasteiger partial charge is 0.251 e. The molecule has 0 aliphatic carbocycles. The third kappa shape index (κ3) is 4.24. The van der Waals surface area contributed by atoms with Crippen LogP contribution in [0.4, 0.5) is 8.78 Å². The number of alkyl halides is 2. The zero-order chi connectivity index (χ0) is 12.0. The summed E-state index contributed by atoms with van der Waals surface area (Å²) in [5.74, 6) is 0. The summed E-state index contributed by atoms with van der Waals surface area (Å²) >= 11 is 0. The number of aromatic nitrogens is 2. The van der Waals surface area contributed by atoms with Crippen molar-refractivity contribution in [3.8, 4) is 0 Å². The third-order valence-electron chi connectivity index (χ3n) is 2.42. The molecule has 0 aromatic carbocycles. The van der Waals surface area contributed by atoms with Gasteiger partial charge in [-0.25, -0.2) is 8.78 Å². The Hall–Kier alpha value is -1.01. The van der Waals surface area contributed by atoms with Crippen molar-refractivity contribution in [2.45, 2.75) is 12.8 Å². The molecule has 0 saturated heterocycles. The highest BCUT2D eigenvalue weighted by atomic mass is 19.3. The van der Waals surface area contributed by atoms with Crippen LogP contribution in [0.1, 0.15) is 5.69 Å². The molecule has 0 spiro atoms. The van der Waals surface area contributed by atoms with Crippen molar-refractivity contribution in [3.05, 3.63) is 18.0 Å². The maximum absolute atomic E-state index is 12.2. The molecule has 0 saturated carbocycles. The molecular weight excluding hydrogens is 216 g/mol. The average molecular weight is 233 g/mol. The van der Waals surface area contributed by atoms with E-state index in [0.717, 1.165) is 5.69 Å². The largest absolute Gasteiger partial charge is 0.395 e. The number of halogens is 2. The topological polar surface area (TPSA) is 41.3 Å². The monoisotopic (exact) mass is 233 g/mol. The highest BCUT2D eigenvalue weighted by molar-refractivity contribution is 5.00. The summed E-state index contributed by atoms with van der Waals surface area (Å²) in [4.78, 5) is 1.55. The van der Waals surface area contributed by atoms with E-state index >= 15 is 0 Å². The standard InChI is InChI=1S/C10H17F2N3O/c1-14-9(2-4-13-14)3-5-15(6-7-16)8-10(11)12/h2,4,10,16H,3,5-8H2,1H3. The van der Waals surface area contributed by atoms with E-state index in [4.69, 9.17) is 5.11 Å². The Morgan fingerprint density at radius 1 is 1.50 bits per heavy atom. The van der Waals surface area contributed by atoms with E-state index < -0.39 is 6.43 Å². The van der Waals surface area contributed by atoms with Crippen LogP contribution in [0.3, 0.4) is 0 Å². The van der Waals surface area contributed by atoms with E-state index in [-0.39, 0.29) is 19.7 Å². The van der Waals surface area contributed by atoms with Gasteiger partial charge in [0.1, 0.15) is 0 Å². The fraction of sp³-hybridized carbons (Fsp3) is 0.700. The van der Waals surface area contributed by atoms with Crippen LogP contribution in [0.2, 0.25) is 0 Å². The lowest BCUT2D eigenvalue weighted by Crippen LogP contribution is -2.33. The normalized spacial score (nSPS) is 11.6. The Labute approximate surface area is 93.5 Å². The SMILES string of the molecule is Cn1nccc1CCN(CCO)CC(F)F. The molecule has 0 aliphatic heterocycles. The molecule has 0 fully saturated rings. The van der Waals surface area contributed by atoms with Gasteiger partial charge in [-0.3, -0.25) is 9.58 Å². The molecule has 0 radical (unpaired) electrons. The molecule has 0 aliphatic rings. The van der Waals surface area contributed by atoms with E-state index in [2.05, 4.69) is 5.10 Å². The Morgan fingerprint density at radius 2 is 2.25 bits per heavy atom. The predicted molar refractivity (Wildman–Crippen MR) is 56.4 cm³/mol. The van der Waals surface area contributed by atoms with Gasteiger partial charge < -0.3 is 5.11 Å². The second kappa shape index (κ2) is 6.55. The van der Waals surface area contributed by atoms with Gasteiger partial charge in [0.25, 0.3) is 6.43 Å². The maximum atomic E-state index is 12.2. The summed E-state index contributed by atoms with van der Waals surface area (Å²) in [6, 6.07) is 1.86. The van der Waals surface area contributed by atoms with Gasteiger partial charge in [-0.2, -0.15) is 5.10 Å². The number of hydrogen-bond acceptors (Lipinski definition) is 3. The fourth-order valence-corrected chi connectivity index (χ4v) is 1.55. The van der Waals surface area contributed by atoms with Crippen molar-refractivity contribution in [1.29, 1.82) is 0 Å². The fourth-order valence-electron chi connectivity index (χ4n) is 1.55. The van der Waals surface area contributed by atoms with E-state index in [1.807, 2.05) is 13.1 Å². The van der Waals surface area contributed by atoms with Gasteiger partial charge in [0.2, 0.25) is 0 Å². The van der Waals surface area contributed by atoms with E-state index in [1.165, 1.54) is 0 Å². The van der Waals surface area contributed by atoms with E-state index in [0.29, 0.717) is 13.0 Å². The van der Waals surface area contributed by atoms with Gasteiger partial charge in [-0.15, -0.1) is 0 Å². The van der Waals surface area contributed by atoms with Gasteiger partial charge in [-0.05, 0) is 6.07 Å². The van der Waals surface area contributed by atoms with Crippen LogP contribution in [-0.2, 0) is 13.5 Å². The second-order valence-electron chi connectivity index (χ2n) is 3.61. The van der Waals surface area contributed by atoms with Crippen molar-refractivity contribution in [2.75, 3.05) is 26.2 Å². The van der Waals surface area contributed by atoms with Crippen LogP contribution in [-0.4, -0.2) is 52.5 Å². The van der Waals surface area contributed by atoms with E-state index in [9.17, 15) is 8.78 Å². The van der Waals surface area contributed by atoms with Crippen LogP contribution in [0.5, 0.6) is 0 Å². The van der Waals surface area contributed by atoms with Gasteiger partial charge in [-0.1, -0.05) is 0 Å². The van der Waals surface area contributed by atoms with Crippen molar-refractivity contribution >= 4 is 0 Å². The summed E-state index contributed by atoms with van der Waals surface area (Å²) in [6.45, 7) is 0.392. The molecule has 16 heavy (non-hydrogen) atoms. The lowest BCUT2D eigenvalue weighted by atomic mass is 10.3. The first-order chi connectivity index (χ1) is 7.63. The molecule has 0 bridgehead atoms. The van der Waals surface area contributed by atoms with Gasteiger partial charge in [0, 0.05) is 38.4 Å². The summed E-state index contributed by atoms with van der Waals surface area (Å²) in [6.07, 6.45) is -0.0275. The summed E-state index contributed by atoms with van der Waals surface area (Å²) in [7, 11) is 1.82. The number of aliphatic hydroxyl groups excluding tert-OH is 1. The van der Waals surface area contributed by atoms with Gasteiger partial charge in [0.05, 0.1) is 13.2 Å². The first kappa shape index (κ1) is 13.1. The molecule has 1 rings (SSSR count). The molecular formula is C10H17F2N3O. The number of nitrogens with zero attached hydrogens (tertiary/aromatic N) is 3. The molecule has 0 unspecified atom stereocenters. The van der Waals surface area contributed by atoms with Crippen LogP contribution in [0.25, 0.3) is 0 Å². The minimum absolute atomic E-state index is 0.0991. The minimum atomic E-state index is -2.36. The number of hydrogen-bond donors (Lipinski definition) is 1. The number of rotatable bonds is 7. The zero-order valence-electron chi connectivity index (χ0n) is 9.31. The van der Waals surface area contributed by atoms with Crippen molar-refractivity contribution in [3.63, 3.8) is 0 Å². The van der Waals surface area contributed by atoms with Crippen LogP contribution < -0.4 is 0 Å². The molecule has 4 nitrogen and oxygen atoms in total. The quantitative estimate of drug-likeness (QED) is 0.746. The molecule has 0 amide bonds. The minimum Gasteiger partial charge on any atom is -0.395 e. The van der Waals surface area contributed by atoms with Crippen molar-refractivity contribution in [2.24, 2.45) is 7.05 Å². The lowest BCUT2D eigenvalue weighted by molar-refractivity contribution is 0.0787. The van der Waals surface area contributed by atoms with Crippen molar-refractivity contribution < 1.29 is 13.9 Å². The number of aliphatic hydroxyl groups is 1. The summed E-state index contributed by atoms with van der Waals surface area (Å²) < 4.78 is 26.1. The highest BCUT2D eigenvalue weighted by Gasteiger charge is 2.12. The Morgan fingerprint density at radius 3 is 2.75 bits per heavy atom. The van der Waals surface area contributed by atoms with Gasteiger partial charge >= 0.3 is 0 Å². The van der Waals surface area contributed by atoms with Crippen LogP contribution >= 0.6 is 0 Å². The highest BCUT2D eigenvalue weighted by Crippen LogP contribution is 2.02. The molecule has 6 heteroatoms. The Balaban J connectivity index is 2.40. The van der Waals surface area contributed by atoms with Crippen LogP contribution in [0, 0.1) is 0 Å². The Kier molecular flexibility index (Phi) is 5.34. The first-order valence-electron chi connectivity index (χ1n) is 5.21. The first-order valence-corrected chi connectivity index (χ1v) is 5.21. The molecule has 0 atom stereocenters. The maximum Gasteiger partial charge on any atom is 0.251 e.